The van der Waals surface area contributed by atoms with Gasteiger partial charge in [0.05, 0.1) is 0 Å². The van der Waals surface area contributed by atoms with Crippen LogP contribution in [0.15, 0.2) is 0 Å². The fourth-order valence-corrected chi connectivity index (χ4v) is 0.780. The first kappa shape index (κ1) is 20.1. The van der Waals surface area contributed by atoms with E-state index in [9.17, 15) is 0 Å². The summed E-state index contributed by atoms with van der Waals surface area (Å²) in [7, 11) is -4.61. The summed E-state index contributed by atoms with van der Waals surface area (Å²) >= 11 is 0. The van der Waals surface area contributed by atoms with Crippen molar-refractivity contribution in [2.45, 2.75) is 45.4 Å². The van der Waals surface area contributed by atoms with E-state index in [-0.39, 0.29) is 18.9 Å². The van der Waals surface area contributed by atoms with Crippen LogP contribution >= 0.6 is 0 Å². The molecule has 6 heteroatoms. The van der Waals surface area contributed by atoms with Crippen molar-refractivity contribution in [1.29, 1.82) is 0 Å². The molecule has 0 atom stereocenters. The average molecular weight is 216 g/mol. The Hall–Kier alpha value is 0.654. The van der Waals surface area contributed by atoms with E-state index in [1.807, 2.05) is 0 Å². The molecule has 14 heavy (non-hydrogen) atoms. The second-order valence-electron chi connectivity index (χ2n) is 2.87. The zero-order valence-corrected chi connectivity index (χ0v) is 10.2. The molecule has 0 fully saturated rings. The van der Waals surface area contributed by atoms with Crippen LogP contribution in [-0.4, -0.2) is 28.2 Å². The first-order valence-corrected chi connectivity index (χ1v) is 6.39. The number of hydrogen-bond acceptors (Lipinski definition) is 4. The molecule has 0 aromatic heterocycles. The van der Waals surface area contributed by atoms with Crippen molar-refractivity contribution in [1.82, 2.24) is 0 Å². The van der Waals surface area contributed by atoms with Crippen molar-refractivity contribution < 1.29 is 38.0 Å². The quantitative estimate of drug-likeness (QED) is 0.234. The molecule has 0 heterocycles. The van der Waals surface area contributed by atoms with Gasteiger partial charge in [-0.05, 0) is 0 Å². The third-order valence-corrected chi connectivity index (χ3v) is 1.35. The van der Waals surface area contributed by atoms with E-state index in [4.69, 9.17) is 19.2 Å². The van der Waals surface area contributed by atoms with Crippen molar-refractivity contribution in [2.24, 2.45) is 0 Å². The normalized spacial score (nSPS) is 9.86. The summed E-state index contributed by atoms with van der Waals surface area (Å²) in [5.41, 5.74) is 0. The molecular formula is C8H21LiO4Si. The molecule has 0 unspecified atom stereocenters. The van der Waals surface area contributed by atoms with Crippen LogP contribution in [-0.2, 0) is 0 Å². The molecule has 0 bridgehead atoms. The predicted octanol–water partition coefficient (Wildman–Crippen LogP) is -2.42. The Bertz CT molecular complexity index is 85.8. The second-order valence-corrected chi connectivity index (χ2v) is 4.07. The first-order valence-electron chi connectivity index (χ1n) is 4.60. The van der Waals surface area contributed by atoms with Crippen LogP contribution in [0.25, 0.3) is 0 Å². The Morgan fingerprint density at radius 1 is 0.929 bits per heavy atom. The molecular weight excluding hydrogens is 195 g/mol. The maximum atomic E-state index is 7.33. The Morgan fingerprint density at radius 3 is 1.57 bits per heavy atom. The van der Waals surface area contributed by atoms with Crippen molar-refractivity contribution in [3.8, 4) is 0 Å². The van der Waals surface area contributed by atoms with Crippen LogP contribution in [0.3, 0.4) is 0 Å². The van der Waals surface area contributed by atoms with Crippen LogP contribution in [0.1, 0.15) is 45.4 Å². The van der Waals surface area contributed by atoms with Gasteiger partial charge in [0, 0.05) is 0 Å². The maximum Gasteiger partial charge on any atom is 1.00 e. The van der Waals surface area contributed by atoms with Gasteiger partial charge in [-0.25, -0.2) is 0 Å². The average Bonchev–Trinajstić information content (AvgIpc) is 1.95. The van der Waals surface area contributed by atoms with Gasteiger partial charge in [0.25, 0.3) is 0 Å². The Balaban J connectivity index is -0.000000177. The van der Waals surface area contributed by atoms with Crippen LogP contribution in [0.2, 0.25) is 0 Å². The standard InChI is InChI=1S/C8H17.Li.H4O4Si/c1-3-5-7-8-6-4-2;;1-5(2,3)4/h1,3-8H2,2H3;;1-4H/q-1;+1;. The summed E-state index contributed by atoms with van der Waals surface area (Å²) in [5.74, 6) is 0. The molecule has 0 aromatic carbocycles. The molecule has 4 nitrogen and oxygen atoms in total. The first-order chi connectivity index (χ1) is 5.91. The molecule has 0 spiro atoms. The fourth-order valence-electron chi connectivity index (χ4n) is 0.780. The van der Waals surface area contributed by atoms with Crippen LogP contribution in [0, 0.1) is 6.92 Å². The second kappa shape index (κ2) is 13.7. The third-order valence-electron chi connectivity index (χ3n) is 1.35. The minimum absolute atomic E-state index is 0. The Kier molecular flexibility index (Phi) is 19.6. The van der Waals surface area contributed by atoms with Crippen molar-refractivity contribution in [2.75, 3.05) is 0 Å². The summed E-state index contributed by atoms with van der Waals surface area (Å²) in [4.78, 5) is 29.3. The van der Waals surface area contributed by atoms with Gasteiger partial charge in [0.1, 0.15) is 0 Å². The maximum absolute atomic E-state index is 7.33. The van der Waals surface area contributed by atoms with E-state index in [1.54, 1.807) is 0 Å². The molecule has 82 valence electrons. The van der Waals surface area contributed by atoms with Gasteiger partial charge in [-0.3, -0.25) is 0 Å². The monoisotopic (exact) mass is 216 g/mol. The molecule has 0 aliphatic heterocycles. The third kappa shape index (κ3) is 53.8. The largest absolute Gasteiger partial charge is 1.00 e. The van der Waals surface area contributed by atoms with Crippen LogP contribution in [0.4, 0.5) is 0 Å². The molecule has 0 rings (SSSR count). The molecule has 4 N–H and O–H groups in total. The SMILES string of the molecule is O[Si](O)(O)O.[CH2-]CCCCCCC.[Li+]. The fraction of sp³-hybridized carbons (Fsp3) is 0.875. The van der Waals surface area contributed by atoms with Gasteiger partial charge in [-0.15, -0.1) is 0 Å². The van der Waals surface area contributed by atoms with Crippen molar-refractivity contribution in [3.63, 3.8) is 0 Å². The van der Waals surface area contributed by atoms with Gasteiger partial charge in [0.2, 0.25) is 0 Å². The van der Waals surface area contributed by atoms with E-state index in [0.29, 0.717) is 0 Å². The predicted molar refractivity (Wildman–Crippen MR) is 53.4 cm³/mol. The minimum atomic E-state index is -4.61. The molecule has 0 amide bonds. The zero-order valence-electron chi connectivity index (χ0n) is 9.24. The molecule has 0 aliphatic rings. The molecule has 0 saturated heterocycles. The molecule has 0 aliphatic carbocycles. The van der Waals surface area contributed by atoms with Gasteiger partial charge >= 0.3 is 27.9 Å². The number of unbranched alkanes of at least 4 members (excludes halogenated alkanes) is 5. The smallest absolute Gasteiger partial charge is 0.368 e. The summed E-state index contributed by atoms with van der Waals surface area (Å²) in [6, 6.07) is 0. The van der Waals surface area contributed by atoms with Crippen LogP contribution < -0.4 is 18.9 Å². The molecule has 0 radical (unpaired) electrons. The van der Waals surface area contributed by atoms with E-state index < -0.39 is 9.05 Å². The minimum Gasteiger partial charge on any atom is -0.368 e. The van der Waals surface area contributed by atoms with Crippen LogP contribution in [0.5, 0.6) is 0 Å². The Morgan fingerprint density at radius 2 is 1.29 bits per heavy atom. The summed E-state index contributed by atoms with van der Waals surface area (Å²) < 4.78 is 0. The summed E-state index contributed by atoms with van der Waals surface area (Å²) in [6.07, 6.45) is 7.98. The van der Waals surface area contributed by atoms with Gasteiger partial charge in [0.15, 0.2) is 0 Å². The number of rotatable bonds is 5. The topological polar surface area (TPSA) is 80.9 Å². The Labute approximate surface area is 99.6 Å². The van der Waals surface area contributed by atoms with Crippen molar-refractivity contribution >= 4 is 9.05 Å². The van der Waals surface area contributed by atoms with Gasteiger partial charge < -0.3 is 26.1 Å². The zero-order chi connectivity index (χ0) is 10.7. The molecule has 0 saturated carbocycles. The van der Waals surface area contributed by atoms with Gasteiger partial charge in [-0.2, -0.15) is 6.42 Å². The number of hydrogen-bond donors (Lipinski definition) is 4. The van der Waals surface area contributed by atoms with E-state index in [1.165, 1.54) is 32.1 Å². The van der Waals surface area contributed by atoms with E-state index in [2.05, 4.69) is 13.8 Å². The van der Waals surface area contributed by atoms with Crippen molar-refractivity contribution in [3.05, 3.63) is 6.92 Å². The summed E-state index contributed by atoms with van der Waals surface area (Å²) in [5, 5.41) is 0. The molecule has 0 aromatic rings. The van der Waals surface area contributed by atoms with Gasteiger partial charge in [-0.1, -0.05) is 39.0 Å². The summed E-state index contributed by atoms with van der Waals surface area (Å²) in [6.45, 7) is 6.02. The van der Waals surface area contributed by atoms with E-state index in [0.717, 1.165) is 6.42 Å². The van der Waals surface area contributed by atoms with E-state index >= 15 is 0 Å².